The van der Waals surface area contributed by atoms with E-state index in [0.717, 1.165) is 5.56 Å². The van der Waals surface area contributed by atoms with Crippen LogP contribution in [-0.4, -0.2) is 31.1 Å². The fourth-order valence-electron chi connectivity index (χ4n) is 2.80. The average molecular weight is 496 g/mol. The lowest BCUT2D eigenvalue weighted by Crippen LogP contribution is -2.54. The van der Waals surface area contributed by atoms with E-state index < -0.39 is 11.8 Å². The number of aryl methyl sites for hydroxylation is 1. The molecule has 2 aromatic rings. The number of ether oxygens (including phenoxy) is 2. The van der Waals surface area contributed by atoms with Gasteiger partial charge in [-0.25, -0.2) is 0 Å². The first-order chi connectivity index (χ1) is 13.8. The van der Waals surface area contributed by atoms with Crippen LogP contribution in [0.25, 0.3) is 6.08 Å². The normalized spacial score (nSPS) is 15.6. The number of carbonyl (C=O) groups is 2. The van der Waals surface area contributed by atoms with E-state index >= 15 is 0 Å². The molecule has 0 atom stereocenters. The second-order valence-corrected chi connectivity index (χ2v) is 7.78. The Morgan fingerprint density at radius 2 is 1.90 bits per heavy atom. The fraction of sp³-hybridized carbons (Fsp3) is 0.150. The summed E-state index contributed by atoms with van der Waals surface area (Å²) < 4.78 is 11.2. The molecule has 0 spiro atoms. The summed E-state index contributed by atoms with van der Waals surface area (Å²) in [5.74, 6) is -0.175. The smallest absolute Gasteiger partial charge is 0.270 e. The molecular weight excluding hydrogens is 480 g/mol. The van der Waals surface area contributed by atoms with Gasteiger partial charge < -0.3 is 9.47 Å². The van der Waals surface area contributed by atoms with Crippen LogP contribution in [0, 0.1) is 6.92 Å². The van der Waals surface area contributed by atoms with Gasteiger partial charge in [-0.3, -0.25) is 19.8 Å². The van der Waals surface area contributed by atoms with E-state index in [1.807, 2.05) is 6.92 Å². The number of nitrogens with zero attached hydrogens (tertiary/aromatic N) is 1. The van der Waals surface area contributed by atoms with E-state index in [-0.39, 0.29) is 10.7 Å². The van der Waals surface area contributed by atoms with Crippen LogP contribution in [0.1, 0.15) is 11.1 Å². The standard InChI is InChI=1S/C20H16BrClN2O4S/c1-10-4-5-12(9-15(10)22)24-19(26)13(18(25)23-20(24)29)6-11-7-14(21)17(28-3)16(8-11)27-2/h4-9H,1-3H3,(H,23,25,29)/b13-6-. The minimum Gasteiger partial charge on any atom is -0.493 e. The van der Waals surface area contributed by atoms with Crippen LogP contribution in [0.3, 0.4) is 0 Å². The monoisotopic (exact) mass is 494 g/mol. The second-order valence-electron chi connectivity index (χ2n) is 6.13. The fourth-order valence-corrected chi connectivity index (χ4v) is 3.88. The molecule has 0 radical (unpaired) electrons. The SMILES string of the molecule is COc1cc(/C=C2/C(=O)NC(=S)N(c3ccc(C)c(Cl)c3)C2=O)cc(Br)c1OC. The predicted molar refractivity (Wildman–Crippen MR) is 120 cm³/mol. The summed E-state index contributed by atoms with van der Waals surface area (Å²) >= 11 is 14.8. The van der Waals surface area contributed by atoms with Crippen molar-refractivity contribution in [1.29, 1.82) is 0 Å². The molecule has 1 aliphatic rings. The van der Waals surface area contributed by atoms with Gasteiger partial charge in [0.15, 0.2) is 16.6 Å². The van der Waals surface area contributed by atoms with E-state index in [2.05, 4.69) is 21.2 Å². The highest BCUT2D eigenvalue weighted by atomic mass is 79.9. The lowest BCUT2D eigenvalue weighted by atomic mass is 10.1. The molecule has 29 heavy (non-hydrogen) atoms. The third kappa shape index (κ3) is 4.14. The largest absolute Gasteiger partial charge is 0.493 e. The van der Waals surface area contributed by atoms with Crippen molar-refractivity contribution in [2.45, 2.75) is 6.92 Å². The molecule has 0 saturated carbocycles. The minimum absolute atomic E-state index is 0.00874. The Bertz CT molecular complexity index is 1070. The van der Waals surface area contributed by atoms with E-state index in [0.29, 0.717) is 32.2 Å². The number of carbonyl (C=O) groups excluding carboxylic acids is 2. The summed E-state index contributed by atoms with van der Waals surface area (Å²) in [5.41, 5.74) is 1.83. The Hall–Kier alpha value is -2.42. The van der Waals surface area contributed by atoms with Crippen molar-refractivity contribution >= 4 is 68.4 Å². The first-order valence-corrected chi connectivity index (χ1v) is 9.94. The molecule has 1 saturated heterocycles. The number of amides is 2. The summed E-state index contributed by atoms with van der Waals surface area (Å²) in [6.07, 6.45) is 1.47. The van der Waals surface area contributed by atoms with Gasteiger partial charge in [0.2, 0.25) is 0 Å². The molecule has 1 fully saturated rings. The van der Waals surface area contributed by atoms with Gasteiger partial charge in [-0.2, -0.15) is 0 Å². The third-order valence-electron chi connectivity index (χ3n) is 4.28. The van der Waals surface area contributed by atoms with E-state index in [4.69, 9.17) is 33.3 Å². The van der Waals surface area contributed by atoms with Gasteiger partial charge in [-0.15, -0.1) is 0 Å². The highest BCUT2D eigenvalue weighted by molar-refractivity contribution is 9.10. The molecule has 2 amide bonds. The summed E-state index contributed by atoms with van der Waals surface area (Å²) in [4.78, 5) is 26.8. The summed E-state index contributed by atoms with van der Waals surface area (Å²) in [6, 6.07) is 8.50. The number of rotatable bonds is 4. The van der Waals surface area contributed by atoms with Gasteiger partial charge in [0, 0.05) is 5.02 Å². The van der Waals surface area contributed by atoms with Gasteiger partial charge >= 0.3 is 0 Å². The van der Waals surface area contributed by atoms with Crippen molar-refractivity contribution in [3.63, 3.8) is 0 Å². The number of nitrogens with one attached hydrogen (secondary N) is 1. The van der Waals surface area contributed by atoms with Gasteiger partial charge in [0.25, 0.3) is 11.8 Å². The maximum atomic E-state index is 13.1. The van der Waals surface area contributed by atoms with E-state index in [9.17, 15) is 9.59 Å². The lowest BCUT2D eigenvalue weighted by Gasteiger charge is -2.29. The van der Waals surface area contributed by atoms with Crippen molar-refractivity contribution in [3.05, 3.63) is 56.5 Å². The molecule has 3 rings (SSSR count). The summed E-state index contributed by atoms with van der Waals surface area (Å²) in [5, 5.41) is 3.03. The Morgan fingerprint density at radius 1 is 1.17 bits per heavy atom. The van der Waals surface area contributed by atoms with E-state index in [1.165, 1.54) is 25.2 Å². The quantitative estimate of drug-likeness (QED) is 0.390. The zero-order valence-electron chi connectivity index (χ0n) is 15.7. The molecule has 1 N–H and O–H groups in total. The van der Waals surface area contributed by atoms with Crippen LogP contribution in [-0.2, 0) is 9.59 Å². The number of methoxy groups -OCH3 is 2. The van der Waals surface area contributed by atoms with Crippen LogP contribution >= 0.6 is 39.7 Å². The second kappa shape index (κ2) is 8.52. The van der Waals surface area contributed by atoms with Crippen LogP contribution in [0.2, 0.25) is 5.02 Å². The van der Waals surface area contributed by atoms with Crippen LogP contribution < -0.4 is 19.7 Å². The molecule has 0 bridgehead atoms. The molecule has 0 unspecified atom stereocenters. The molecule has 150 valence electrons. The van der Waals surface area contributed by atoms with Crippen molar-refractivity contribution in [2.24, 2.45) is 0 Å². The molecule has 2 aromatic carbocycles. The van der Waals surface area contributed by atoms with Gasteiger partial charge in [-0.05, 0) is 76.5 Å². The van der Waals surface area contributed by atoms with Crippen LogP contribution in [0.5, 0.6) is 11.5 Å². The summed E-state index contributed by atoms with van der Waals surface area (Å²) in [6.45, 7) is 1.85. The van der Waals surface area contributed by atoms with Crippen molar-refractivity contribution in [3.8, 4) is 11.5 Å². The number of benzene rings is 2. The first kappa shape index (κ1) is 21.3. The zero-order chi connectivity index (χ0) is 21.3. The minimum atomic E-state index is -0.583. The maximum Gasteiger partial charge on any atom is 0.270 e. The van der Waals surface area contributed by atoms with Crippen LogP contribution in [0.15, 0.2) is 40.4 Å². The predicted octanol–water partition coefficient (Wildman–Crippen LogP) is 4.26. The molecule has 6 nitrogen and oxygen atoms in total. The Morgan fingerprint density at radius 3 is 2.52 bits per heavy atom. The molecule has 1 aliphatic heterocycles. The molecular formula is C20H16BrClN2O4S. The topological polar surface area (TPSA) is 67.9 Å². The van der Waals surface area contributed by atoms with Gasteiger partial charge in [0.1, 0.15) is 5.57 Å². The van der Waals surface area contributed by atoms with Crippen molar-refractivity contribution in [1.82, 2.24) is 5.32 Å². The molecule has 0 aromatic heterocycles. The lowest BCUT2D eigenvalue weighted by molar-refractivity contribution is -0.122. The number of halogens is 2. The van der Waals surface area contributed by atoms with Crippen LogP contribution in [0.4, 0.5) is 5.69 Å². The number of thiocarbonyl (C=S) groups is 1. The highest BCUT2D eigenvalue weighted by Crippen LogP contribution is 2.37. The molecule has 9 heteroatoms. The zero-order valence-corrected chi connectivity index (χ0v) is 18.9. The third-order valence-corrected chi connectivity index (χ3v) is 5.56. The van der Waals surface area contributed by atoms with Gasteiger partial charge in [-0.1, -0.05) is 17.7 Å². The maximum absolute atomic E-state index is 13.1. The van der Waals surface area contributed by atoms with Crippen molar-refractivity contribution in [2.75, 3.05) is 19.1 Å². The molecule has 1 heterocycles. The first-order valence-electron chi connectivity index (χ1n) is 8.36. The summed E-state index contributed by atoms with van der Waals surface area (Å²) in [7, 11) is 3.02. The Balaban J connectivity index is 2.06. The number of hydrogen-bond donors (Lipinski definition) is 1. The van der Waals surface area contributed by atoms with Crippen molar-refractivity contribution < 1.29 is 19.1 Å². The number of anilines is 1. The Labute approximate surface area is 186 Å². The van der Waals surface area contributed by atoms with E-state index in [1.54, 1.807) is 30.3 Å². The number of hydrogen-bond acceptors (Lipinski definition) is 5. The Kier molecular flexibility index (Phi) is 6.26. The average Bonchev–Trinajstić information content (AvgIpc) is 2.67. The highest BCUT2D eigenvalue weighted by Gasteiger charge is 2.34. The molecule has 0 aliphatic carbocycles. The van der Waals surface area contributed by atoms with Gasteiger partial charge in [0.05, 0.1) is 24.4 Å².